The van der Waals surface area contributed by atoms with Crippen LogP contribution in [0.5, 0.6) is 0 Å². The van der Waals surface area contributed by atoms with Crippen molar-refractivity contribution >= 4 is 28.3 Å². The van der Waals surface area contributed by atoms with Crippen LogP contribution in [-0.2, 0) is 0 Å². The molecule has 1 aliphatic rings. The third-order valence-corrected chi connectivity index (χ3v) is 3.70. The maximum Gasteiger partial charge on any atom is 0.0912 e. The molecule has 0 bridgehead atoms. The van der Waals surface area contributed by atoms with Gasteiger partial charge < -0.3 is 5.32 Å². The molecular formula is C13H19BrClFN2. The van der Waals surface area contributed by atoms with Crippen molar-refractivity contribution in [3.05, 3.63) is 34.3 Å². The van der Waals surface area contributed by atoms with Crippen molar-refractivity contribution in [2.24, 2.45) is 0 Å². The van der Waals surface area contributed by atoms with Crippen LogP contribution in [0.4, 0.5) is 4.39 Å². The van der Waals surface area contributed by atoms with Gasteiger partial charge in [0.2, 0.25) is 0 Å². The third-order valence-electron chi connectivity index (χ3n) is 3.21. The van der Waals surface area contributed by atoms with E-state index in [4.69, 9.17) is 0 Å². The van der Waals surface area contributed by atoms with Crippen LogP contribution in [0.25, 0.3) is 0 Å². The van der Waals surface area contributed by atoms with Crippen molar-refractivity contribution in [2.45, 2.75) is 12.5 Å². The number of hydrogen-bond acceptors (Lipinski definition) is 2. The molecule has 102 valence electrons. The molecule has 0 amide bonds. The molecule has 1 heterocycles. The predicted molar refractivity (Wildman–Crippen MR) is 79.2 cm³/mol. The van der Waals surface area contributed by atoms with Gasteiger partial charge in [0.15, 0.2) is 0 Å². The Morgan fingerprint density at radius 3 is 2.67 bits per heavy atom. The summed E-state index contributed by atoms with van der Waals surface area (Å²) < 4.78 is 13.8. The molecule has 18 heavy (non-hydrogen) atoms. The first-order valence-corrected chi connectivity index (χ1v) is 6.87. The number of alkyl halides is 1. The molecule has 0 radical (unpaired) electrons. The van der Waals surface area contributed by atoms with Crippen LogP contribution in [0.2, 0.25) is 0 Å². The van der Waals surface area contributed by atoms with Gasteiger partial charge in [0, 0.05) is 36.7 Å². The lowest BCUT2D eigenvalue weighted by Gasteiger charge is -2.35. The van der Waals surface area contributed by atoms with E-state index in [1.54, 1.807) is 0 Å². The first-order valence-electron chi connectivity index (χ1n) is 6.07. The average Bonchev–Trinajstić information content (AvgIpc) is 2.37. The third kappa shape index (κ3) is 4.19. The topological polar surface area (TPSA) is 15.3 Å². The number of benzene rings is 1. The molecule has 2 nitrogen and oxygen atoms in total. The second-order valence-corrected chi connectivity index (χ2v) is 5.25. The molecule has 0 aliphatic carbocycles. The molecule has 1 aromatic rings. The fourth-order valence-electron chi connectivity index (χ4n) is 2.37. The monoisotopic (exact) mass is 336 g/mol. The minimum Gasteiger partial charge on any atom is -0.314 e. The normalized spacial score (nSPS) is 18.1. The SMILES string of the molecule is Cl.FCC[C@H](c1cccc(Br)c1)N1CCNCC1. The summed E-state index contributed by atoms with van der Waals surface area (Å²) in [5.74, 6) is 0. The highest BCUT2D eigenvalue weighted by Gasteiger charge is 2.21. The highest BCUT2D eigenvalue weighted by Crippen LogP contribution is 2.26. The van der Waals surface area contributed by atoms with E-state index in [1.165, 1.54) is 5.56 Å². The van der Waals surface area contributed by atoms with Crippen molar-refractivity contribution in [3.63, 3.8) is 0 Å². The Morgan fingerprint density at radius 1 is 1.33 bits per heavy atom. The molecule has 1 atom stereocenters. The molecule has 5 heteroatoms. The number of rotatable bonds is 4. The summed E-state index contributed by atoms with van der Waals surface area (Å²) in [4.78, 5) is 2.37. The molecular weight excluding hydrogens is 319 g/mol. The van der Waals surface area contributed by atoms with Gasteiger partial charge in [-0.15, -0.1) is 12.4 Å². The number of nitrogens with zero attached hydrogens (tertiary/aromatic N) is 1. The Morgan fingerprint density at radius 2 is 2.06 bits per heavy atom. The number of hydrogen-bond donors (Lipinski definition) is 1. The standard InChI is InChI=1S/C13H18BrFN2.ClH/c14-12-3-1-2-11(10-12)13(4-5-15)17-8-6-16-7-9-17;/h1-3,10,13,16H,4-9H2;1H/t13-;/m1./s1. The second-order valence-electron chi connectivity index (χ2n) is 4.33. The Hall–Kier alpha value is -0.160. The van der Waals surface area contributed by atoms with Crippen molar-refractivity contribution < 1.29 is 4.39 Å². The Bertz CT molecular complexity index is 359. The second kappa shape index (κ2) is 8.10. The van der Waals surface area contributed by atoms with Crippen molar-refractivity contribution in [1.29, 1.82) is 0 Å². The summed E-state index contributed by atoms with van der Waals surface area (Å²) >= 11 is 3.48. The Kier molecular flexibility index (Phi) is 7.15. The Balaban J connectivity index is 0.00000162. The van der Waals surface area contributed by atoms with Gasteiger partial charge in [0.05, 0.1) is 6.67 Å². The van der Waals surface area contributed by atoms with Crippen LogP contribution in [0, 0.1) is 0 Å². The zero-order chi connectivity index (χ0) is 12.1. The van der Waals surface area contributed by atoms with Crippen LogP contribution >= 0.6 is 28.3 Å². The summed E-state index contributed by atoms with van der Waals surface area (Å²) in [5.41, 5.74) is 1.21. The largest absolute Gasteiger partial charge is 0.314 e. The molecule has 0 aromatic heterocycles. The average molecular weight is 338 g/mol. The molecule has 1 N–H and O–H groups in total. The van der Waals surface area contributed by atoms with E-state index in [9.17, 15) is 4.39 Å². The summed E-state index contributed by atoms with van der Waals surface area (Å²) in [7, 11) is 0. The van der Waals surface area contributed by atoms with Crippen LogP contribution < -0.4 is 5.32 Å². The van der Waals surface area contributed by atoms with E-state index < -0.39 is 0 Å². The molecule has 0 spiro atoms. The van der Waals surface area contributed by atoms with Gasteiger partial charge >= 0.3 is 0 Å². The van der Waals surface area contributed by atoms with E-state index in [0.29, 0.717) is 6.42 Å². The van der Waals surface area contributed by atoms with Crippen LogP contribution in [0.15, 0.2) is 28.7 Å². The first-order chi connectivity index (χ1) is 8.31. The minimum atomic E-state index is -0.263. The first kappa shape index (κ1) is 15.9. The van der Waals surface area contributed by atoms with Gasteiger partial charge in [0.1, 0.15) is 0 Å². The van der Waals surface area contributed by atoms with Crippen LogP contribution in [-0.4, -0.2) is 37.8 Å². The highest BCUT2D eigenvalue weighted by molar-refractivity contribution is 9.10. The molecule has 0 saturated carbocycles. The summed E-state index contributed by atoms with van der Waals surface area (Å²) in [6, 6.07) is 8.43. The van der Waals surface area contributed by atoms with Gasteiger partial charge in [-0.1, -0.05) is 28.1 Å². The van der Waals surface area contributed by atoms with Crippen molar-refractivity contribution in [1.82, 2.24) is 10.2 Å². The van der Waals surface area contributed by atoms with Crippen molar-refractivity contribution in [3.8, 4) is 0 Å². The number of piperazine rings is 1. The minimum absolute atomic E-state index is 0. The molecule has 1 fully saturated rings. The molecule has 1 aliphatic heterocycles. The summed E-state index contributed by atoms with van der Waals surface area (Å²) in [5, 5.41) is 3.33. The van der Waals surface area contributed by atoms with E-state index in [1.807, 2.05) is 12.1 Å². The lowest BCUT2D eigenvalue weighted by molar-refractivity contribution is 0.157. The smallest absolute Gasteiger partial charge is 0.0912 e. The predicted octanol–water partition coefficient (Wildman–Crippen LogP) is 3.18. The fourth-order valence-corrected chi connectivity index (χ4v) is 2.79. The zero-order valence-electron chi connectivity index (χ0n) is 10.2. The fraction of sp³-hybridized carbons (Fsp3) is 0.538. The van der Waals surface area contributed by atoms with Gasteiger partial charge in [0.25, 0.3) is 0 Å². The van der Waals surface area contributed by atoms with E-state index in [2.05, 4.69) is 38.3 Å². The summed E-state index contributed by atoms with van der Waals surface area (Å²) in [6.45, 7) is 3.73. The van der Waals surface area contributed by atoms with Gasteiger partial charge in [-0.05, 0) is 24.1 Å². The quantitative estimate of drug-likeness (QED) is 0.908. The maximum absolute atomic E-state index is 12.7. The van der Waals surface area contributed by atoms with Gasteiger partial charge in [-0.3, -0.25) is 9.29 Å². The molecule has 2 rings (SSSR count). The number of nitrogens with one attached hydrogen (secondary N) is 1. The lowest BCUT2D eigenvalue weighted by atomic mass is 10.0. The van der Waals surface area contributed by atoms with Gasteiger partial charge in [-0.25, -0.2) is 0 Å². The highest BCUT2D eigenvalue weighted by atomic mass is 79.9. The summed E-state index contributed by atoms with van der Waals surface area (Å²) in [6.07, 6.45) is 0.580. The molecule has 1 saturated heterocycles. The van der Waals surface area contributed by atoms with E-state index >= 15 is 0 Å². The van der Waals surface area contributed by atoms with Crippen LogP contribution in [0.1, 0.15) is 18.0 Å². The lowest BCUT2D eigenvalue weighted by Crippen LogP contribution is -2.45. The maximum atomic E-state index is 12.7. The zero-order valence-corrected chi connectivity index (χ0v) is 12.6. The molecule has 1 aromatic carbocycles. The van der Waals surface area contributed by atoms with Gasteiger partial charge in [-0.2, -0.15) is 0 Å². The Labute approximate surface area is 122 Å². The van der Waals surface area contributed by atoms with Crippen molar-refractivity contribution in [2.75, 3.05) is 32.9 Å². The van der Waals surface area contributed by atoms with E-state index in [-0.39, 0.29) is 25.1 Å². The molecule has 0 unspecified atom stereocenters. The number of halogens is 3. The van der Waals surface area contributed by atoms with E-state index in [0.717, 1.165) is 30.7 Å². The van der Waals surface area contributed by atoms with Crippen LogP contribution in [0.3, 0.4) is 0 Å².